The van der Waals surface area contributed by atoms with Gasteiger partial charge in [0.15, 0.2) is 6.04 Å². The van der Waals surface area contributed by atoms with Gasteiger partial charge in [0.1, 0.15) is 6.04 Å². The van der Waals surface area contributed by atoms with Gasteiger partial charge in [-0.05, 0) is 12.5 Å². The second-order valence-corrected chi connectivity index (χ2v) is 6.87. The summed E-state index contributed by atoms with van der Waals surface area (Å²) in [5.41, 5.74) is 11.3. The maximum absolute atomic E-state index is 12.6. The molecule has 4 unspecified atom stereocenters. The lowest BCUT2D eigenvalue weighted by atomic mass is 10.0. The van der Waals surface area contributed by atoms with Gasteiger partial charge in [-0.15, -0.1) is 0 Å². The minimum atomic E-state index is -1.55. The third kappa shape index (κ3) is 9.23. The van der Waals surface area contributed by atoms with E-state index >= 15 is 0 Å². The lowest BCUT2D eigenvalue weighted by molar-refractivity contribution is -0.144. The van der Waals surface area contributed by atoms with Gasteiger partial charge in [-0.1, -0.05) is 30.3 Å². The summed E-state index contributed by atoms with van der Waals surface area (Å²) in [6.07, 6.45) is -1.70. The van der Waals surface area contributed by atoms with Gasteiger partial charge in [0.2, 0.25) is 23.6 Å². The van der Waals surface area contributed by atoms with E-state index in [1.807, 2.05) is 0 Å². The van der Waals surface area contributed by atoms with E-state index in [2.05, 4.69) is 16.0 Å². The summed E-state index contributed by atoms with van der Waals surface area (Å²) in [4.78, 5) is 58.7. The number of nitrogens with two attached hydrogens (primary N) is 2. The molecule has 0 saturated heterocycles. The van der Waals surface area contributed by atoms with Crippen LogP contribution in [-0.4, -0.2) is 70.6 Å². The maximum atomic E-state index is 12.6. The van der Waals surface area contributed by atoms with E-state index in [1.165, 1.54) is 6.92 Å². The normalized spacial score (nSPS) is 14.4. The van der Waals surface area contributed by atoms with Crippen molar-refractivity contribution in [3.05, 3.63) is 35.9 Å². The van der Waals surface area contributed by atoms with Crippen molar-refractivity contribution in [1.82, 2.24) is 16.0 Å². The molecular formula is C19H27N5O7. The van der Waals surface area contributed by atoms with Crippen molar-refractivity contribution >= 4 is 29.6 Å². The summed E-state index contributed by atoms with van der Waals surface area (Å²) in [6, 6.07) is 4.76. The second kappa shape index (κ2) is 12.2. The van der Waals surface area contributed by atoms with E-state index in [9.17, 15) is 29.1 Å². The molecule has 9 N–H and O–H groups in total. The first kappa shape index (κ1) is 25.5. The molecular weight excluding hydrogens is 410 g/mol. The average molecular weight is 437 g/mol. The first-order valence-corrected chi connectivity index (χ1v) is 9.37. The van der Waals surface area contributed by atoms with Crippen molar-refractivity contribution in [2.45, 2.75) is 44.0 Å². The fourth-order valence-corrected chi connectivity index (χ4v) is 2.55. The molecule has 0 aliphatic carbocycles. The van der Waals surface area contributed by atoms with Crippen molar-refractivity contribution in [3.8, 4) is 0 Å². The molecule has 4 atom stereocenters. The Hall–Kier alpha value is -3.51. The topological polar surface area (TPSA) is 214 Å². The number of rotatable bonds is 12. The number of aliphatic hydroxyl groups is 1. The number of benzene rings is 1. The fourth-order valence-electron chi connectivity index (χ4n) is 2.55. The standard InChI is InChI=1S/C19H27N5O7/c1-10(25)16(19(30)31)24-15(27)9-22-18(29)13(7-11-5-3-2-4-6-11)23-17(28)12(20)8-14(21)26/h2-6,10,12-13,16,25H,7-9,20H2,1H3,(H2,21,26)(H,22,29)(H,23,28)(H,24,27)(H,30,31). The van der Waals surface area contributed by atoms with Crippen molar-refractivity contribution in [2.75, 3.05) is 6.54 Å². The number of primary amides is 1. The quantitative estimate of drug-likeness (QED) is 0.178. The molecule has 1 aromatic rings. The summed E-state index contributed by atoms with van der Waals surface area (Å²) in [6.45, 7) is 0.599. The van der Waals surface area contributed by atoms with Crippen molar-refractivity contribution in [3.63, 3.8) is 0 Å². The molecule has 4 amide bonds. The van der Waals surface area contributed by atoms with Crippen LogP contribution in [-0.2, 0) is 30.4 Å². The number of amides is 4. The number of carbonyl (C=O) groups excluding carboxylic acids is 4. The highest BCUT2D eigenvalue weighted by Gasteiger charge is 2.27. The Morgan fingerprint density at radius 3 is 2.16 bits per heavy atom. The van der Waals surface area contributed by atoms with Gasteiger partial charge >= 0.3 is 5.97 Å². The zero-order valence-corrected chi connectivity index (χ0v) is 16.9. The van der Waals surface area contributed by atoms with Crippen LogP contribution < -0.4 is 27.4 Å². The molecule has 12 heteroatoms. The Balaban J connectivity index is 2.81. The van der Waals surface area contributed by atoms with Crippen LogP contribution in [0.25, 0.3) is 0 Å². The van der Waals surface area contributed by atoms with Gasteiger partial charge in [0, 0.05) is 6.42 Å². The van der Waals surface area contributed by atoms with E-state index in [-0.39, 0.29) is 6.42 Å². The number of hydrogen-bond donors (Lipinski definition) is 7. The van der Waals surface area contributed by atoms with Crippen LogP contribution in [0.4, 0.5) is 0 Å². The van der Waals surface area contributed by atoms with Crippen LogP contribution in [0.5, 0.6) is 0 Å². The van der Waals surface area contributed by atoms with Gasteiger partial charge in [-0.3, -0.25) is 19.2 Å². The highest BCUT2D eigenvalue weighted by atomic mass is 16.4. The Morgan fingerprint density at radius 1 is 1.03 bits per heavy atom. The largest absolute Gasteiger partial charge is 0.480 e. The molecule has 0 fully saturated rings. The molecule has 1 rings (SSSR count). The highest BCUT2D eigenvalue weighted by Crippen LogP contribution is 2.04. The Bertz CT molecular complexity index is 800. The zero-order valence-electron chi connectivity index (χ0n) is 16.9. The zero-order chi connectivity index (χ0) is 23.6. The summed E-state index contributed by atoms with van der Waals surface area (Å²) < 4.78 is 0. The van der Waals surface area contributed by atoms with Crippen LogP contribution >= 0.6 is 0 Å². The molecule has 0 saturated carbocycles. The van der Waals surface area contributed by atoms with Gasteiger partial charge in [-0.2, -0.15) is 0 Å². The predicted molar refractivity (Wildman–Crippen MR) is 108 cm³/mol. The van der Waals surface area contributed by atoms with Crippen molar-refractivity contribution in [2.24, 2.45) is 11.5 Å². The van der Waals surface area contributed by atoms with Crippen LogP contribution in [0.1, 0.15) is 18.9 Å². The lowest BCUT2D eigenvalue weighted by Gasteiger charge is -2.21. The van der Waals surface area contributed by atoms with Crippen molar-refractivity contribution < 1.29 is 34.2 Å². The number of aliphatic carboxylic acids is 1. The molecule has 0 aliphatic heterocycles. The van der Waals surface area contributed by atoms with Crippen LogP contribution in [0.3, 0.4) is 0 Å². The molecule has 0 aliphatic rings. The number of hydrogen-bond acceptors (Lipinski definition) is 7. The Kier molecular flexibility index (Phi) is 10.1. The molecule has 170 valence electrons. The molecule has 0 bridgehead atoms. The molecule has 0 aromatic heterocycles. The summed E-state index contributed by atoms with van der Waals surface area (Å²) >= 11 is 0. The first-order chi connectivity index (χ1) is 14.5. The maximum Gasteiger partial charge on any atom is 0.328 e. The SMILES string of the molecule is CC(O)C(NC(=O)CNC(=O)C(Cc1ccccc1)NC(=O)C(N)CC(N)=O)C(=O)O. The average Bonchev–Trinajstić information content (AvgIpc) is 2.69. The lowest BCUT2D eigenvalue weighted by Crippen LogP contribution is -2.55. The summed E-state index contributed by atoms with van der Waals surface area (Å²) in [5, 5.41) is 25.2. The summed E-state index contributed by atoms with van der Waals surface area (Å²) in [7, 11) is 0. The molecule has 31 heavy (non-hydrogen) atoms. The Morgan fingerprint density at radius 2 is 1.65 bits per heavy atom. The molecule has 0 radical (unpaired) electrons. The van der Waals surface area contributed by atoms with E-state index in [1.54, 1.807) is 30.3 Å². The van der Waals surface area contributed by atoms with E-state index in [0.29, 0.717) is 5.56 Å². The smallest absolute Gasteiger partial charge is 0.328 e. The van der Waals surface area contributed by atoms with Crippen molar-refractivity contribution in [1.29, 1.82) is 0 Å². The number of nitrogens with one attached hydrogen (secondary N) is 3. The first-order valence-electron chi connectivity index (χ1n) is 9.37. The predicted octanol–water partition coefficient (Wildman–Crippen LogP) is -3.02. The number of carboxylic acid groups (broad SMARTS) is 1. The van der Waals surface area contributed by atoms with Crippen LogP contribution in [0.15, 0.2) is 30.3 Å². The third-order valence-electron chi connectivity index (χ3n) is 4.16. The van der Waals surface area contributed by atoms with Gasteiger partial charge in [0.25, 0.3) is 0 Å². The van der Waals surface area contributed by atoms with Gasteiger partial charge < -0.3 is 37.6 Å². The fraction of sp³-hybridized carbons (Fsp3) is 0.421. The van der Waals surface area contributed by atoms with Gasteiger partial charge in [-0.25, -0.2) is 4.79 Å². The van der Waals surface area contributed by atoms with E-state index < -0.39 is 66.8 Å². The monoisotopic (exact) mass is 437 g/mol. The number of carboxylic acids is 1. The number of aliphatic hydroxyl groups excluding tert-OH is 1. The molecule has 12 nitrogen and oxygen atoms in total. The summed E-state index contributed by atoms with van der Waals surface area (Å²) in [5.74, 6) is -4.58. The van der Waals surface area contributed by atoms with E-state index in [0.717, 1.165) is 0 Å². The second-order valence-electron chi connectivity index (χ2n) is 6.87. The minimum absolute atomic E-state index is 0.0642. The molecule has 1 aromatic carbocycles. The number of carbonyl (C=O) groups is 5. The van der Waals surface area contributed by atoms with E-state index in [4.69, 9.17) is 16.6 Å². The Labute approximate surface area is 178 Å². The molecule has 0 heterocycles. The van der Waals surface area contributed by atoms with Crippen LogP contribution in [0.2, 0.25) is 0 Å². The van der Waals surface area contributed by atoms with Crippen LogP contribution in [0, 0.1) is 0 Å². The third-order valence-corrected chi connectivity index (χ3v) is 4.16. The molecule has 0 spiro atoms. The minimum Gasteiger partial charge on any atom is -0.480 e. The van der Waals surface area contributed by atoms with Gasteiger partial charge in [0.05, 0.1) is 25.1 Å². The highest BCUT2D eigenvalue weighted by molar-refractivity contribution is 5.94.